The van der Waals surface area contributed by atoms with Crippen molar-refractivity contribution in [3.63, 3.8) is 0 Å². The number of halogens is 1. The van der Waals surface area contributed by atoms with Gasteiger partial charge in [-0.1, -0.05) is 35.9 Å². The molecule has 3 aromatic rings. The second kappa shape index (κ2) is 9.62. The first kappa shape index (κ1) is 19.5. The zero-order valence-electron chi connectivity index (χ0n) is 15.1. The molecule has 4 nitrogen and oxygen atoms in total. The van der Waals surface area contributed by atoms with E-state index in [2.05, 4.69) is 33.1 Å². The Morgan fingerprint density at radius 3 is 2.70 bits per heavy atom. The minimum absolute atomic E-state index is 0.0598. The van der Waals surface area contributed by atoms with Gasteiger partial charge in [0.25, 0.3) is 0 Å². The largest absolute Gasteiger partial charge is 0.336 e. The fourth-order valence-electron chi connectivity index (χ4n) is 2.84. The lowest BCUT2D eigenvalue weighted by Gasteiger charge is -2.19. The van der Waals surface area contributed by atoms with Crippen LogP contribution in [0.1, 0.15) is 18.9 Å². The molecular weight excluding hydrogens is 378 g/mol. The van der Waals surface area contributed by atoms with Crippen molar-refractivity contribution < 1.29 is 4.79 Å². The summed E-state index contributed by atoms with van der Waals surface area (Å²) >= 11 is 7.78. The molecule has 3 rings (SSSR count). The third-order valence-electron chi connectivity index (χ3n) is 4.13. The zero-order chi connectivity index (χ0) is 19.1. The molecule has 1 aromatic heterocycles. The lowest BCUT2D eigenvalue weighted by Crippen LogP contribution is -2.14. The minimum Gasteiger partial charge on any atom is -0.336 e. The Balaban J connectivity index is 1.73. The fourth-order valence-corrected chi connectivity index (χ4v) is 4.21. The van der Waals surface area contributed by atoms with Crippen molar-refractivity contribution in [1.29, 1.82) is 0 Å². The van der Waals surface area contributed by atoms with Crippen LogP contribution in [0.15, 0.2) is 72.1 Å². The molecule has 0 radical (unpaired) electrons. The smallest absolute Gasteiger partial charge is 0.221 e. The predicted molar refractivity (Wildman–Crippen MR) is 112 cm³/mol. The molecule has 0 fully saturated rings. The van der Waals surface area contributed by atoms with Gasteiger partial charge in [0.2, 0.25) is 5.91 Å². The van der Waals surface area contributed by atoms with Crippen LogP contribution in [0.3, 0.4) is 0 Å². The Kier molecular flexibility index (Phi) is 6.96. The van der Waals surface area contributed by atoms with Gasteiger partial charge in [0, 0.05) is 41.0 Å². The molecular formula is C21H22ClN3OS. The number of rotatable bonds is 8. The van der Waals surface area contributed by atoms with Crippen LogP contribution in [-0.2, 0) is 17.8 Å². The van der Waals surface area contributed by atoms with Crippen molar-refractivity contribution in [2.45, 2.75) is 36.5 Å². The summed E-state index contributed by atoms with van der Waals surface area (Å²) in [5, 5.41) is 4.02. The van der Waals surface area contributed by atoms with Crippen molar-refractivity contribution in [2.24, 2.45) is 0 Å². The number of nitrogens with zero attached hydrogens (tertiary/aromatic N) is 2. The van der Waals surface area contributed by atoms with Crippen molar-refractivity contribution in [3.8, 4) is 0 Å². The van der Waals surface area contributed by atoms with Gasteiger partial charge in [0.05, 0.1) is 12.0 Å². The molecule has 140 valence electrons. The highest BCUT2D eigenvalue weighted by Gasteiger charge is 2.15. The van der Waals surface area contributed by atoms with E-state index in [0.717, 1.165) is 35.0 Å². The number of aromatic nitrogens is 2. The number of carbonyl (C=O) groups is 1. The summed E-state index contributed by atoms with van der Waals surface area (Å²) in [4.78, 5) is 16.7. The summed E-state index contributed by atoms with van der Waals surface area (Å²) in [7, 11) is 0. The van der Waals surface area contributed by atoms with Gasteiger partial charge >= 0.3 is 0 Å². The summed E-state index contributed by atoms with van der Waals surface area (Å²) in [5.74, 6) is -0.0598. The second-order valence-corrected chi connectivity index (χ2v) is 8.12. The molecule has 0 spiro atoms. The van der Waals surface area contributed by atoms with E-state index in [1.165, 1.54) is 12.5 Å². The molecule has 0 aliphatic heterocycles. The van der Waals surface area contributed by atoms with Gasteiger partial charge in [0.1, 0.15) is 0 Å². The molecule has 0 saturated carbocycles. The quantitative estimate of drug-likeness (QED) is 0.523. The molecule has 0 aliphatic carbocycles. The Morgan fingerprint density at radius 1 is 1.22 bits per heavy atom. The maximum Gasteiger partial charge on any atom is 0.221 e. The first-order valence-corrected chi connectivity index (χ1v) is 10.1. The highest BCUT2D eigenvalue weighted by Crippen LogP contribution is 2.33. The molecule has 0 saturated heterocycles. The lowest BCUT2D eigenvalue weighted by atomic mass is 10.1. The number of carbonyl (C=O) groups excluding carboxylic acids is 1. The summed E-state index contributed by atoms with van der Waals surface area (Å²) in [6, 6.07) is 16.0. The number of imidazole rings is 1. The van der Waals surface area contributed by atoms with Gasteiger partial charge in [-0.05, 0) is 42.7 Å². The Hall–Kier alpha value is -2.24. The number of benzene rings is 2. The van der Waals surface area contributed by atoms with Gasteiger partial charge in [-0.25, -0.2) is 4.98 Å². The maximum absolute atomic E-state index is 11.5. The van der Waals surface area contributed by atoms with Crippen LogP contribution in [-0.4, -0.2) is 20.7 Å². The van der Waals surface area contributed by atoms with Crippen molar-refractivity contribution in [1.82, 2.24) is 9.55 Å². The van der Waals surface area contributed by atoms with E-state index in [4.69, 9.17) is 11.6 Å². The Morgan fingerprint density at radius 2 is 2.00 bits per heavy atom. The Labute approximate surface area is 169 Å². The number of anilines is 1. The number of aryl methyl sites for hydroxylation is 1. The second-order valence-electron chi connectivity index (χ2n) is 6.34. The summed E-state index contributed by atoms with van der Waals surface area (Å²) in [6.07, 6.45) is 7.59. The van der Waals surface area contributed by atoms with Crippen LogP contribution < -0.4 is 5.32 Å². The number of nitrogens with one attached hydrogen (secondary N) is 1. The number of para-hydroxylation sites is 1. The van der Waals surface area contributed by atoms with Gasteiger partial charge in [0.15, 0.2) is 0 Å². The van der Waals surface area contributed by atoms with Crippen molar-refractivity contribution >= 4 is 35.0 Å². The molecule has 1 heterocycles. The van der Waals surface area contributed by atoms with Gasteiger partial charge in [-0.3, -0.25) is 4.79 Å². The van der Waals surface area contributed by atoms with Crippen LogP contribution in [0.5, 0.6) is 0 Å². The summed E-state index contributed by atoms with van der Waals surface area (Å²) in [5.41, 5.74) is 2.13. The van der Waals surface area contributed by atoms with E-state index in [1.54, 1.807) is 18.0 Å². The molecule has 0 bridgehead atoms. The predicted octanol–water partition coefficient (Wildman–Crippen LogP) is 5.29. The van der Waals surface area contributed by atoms with E-state index in [9.17, 15) is 4.79 Å². The van der Waals surface area contributed by atoms with E-state index >= 15 is 0 Å². The highest BCUT2D eigenvalue weighted by molar-refractivity contribution is 8.00. The number of hydrogen-bond acceptors (Lipinski definition) is 3. The molecule has 6 heteroatoms. The topological polar surface area (TPSA) is 46.9 Å². The van der Waals surface area contributed by atoms with Crippen LogP contribution in [0.2, 0.25) is 5.02 Å². The number of thioether (sulfide) groups is 1. The van der Waals surface area contributed by atoms with Crippen LogP contribution in [0, 0.1) is 0 Å². The van der Waals surface area contributed by atoms with Gasteiger partial charge in [-0.2, -0.15) is 0 Å². The van der Waals surface area contributed by atoms with E-state index in [0.29, 0.717) is 5.25 Å². The Bertz CT molecular complexity index is 865. The maximum atomic E-state index is 11.5. The zero-order valence-corrected chi connectivity index (χ0v) is 16.7. The molecule has 1 atom stereocenters. The van der Waals surface area contributed by atoms with E-state index in [1.807, 2.05) is 42.9 Å². The number of amides is 1. The molecule has 0 aliphatic rings. The highest BCUT2D eigenvalue weighted by atomic mass is 35.5. The van der Waals surface area contributed by atoms with Gasteiger partial charge < -0.3 is 9.88 Å². The molecule has 27 heavy (non-hydrogen) atoms. The third-order valence-corrected chi connectivity index (χ3v) is 5.71. The molecule has 1 N–H and O–H groups in total. The average Bonchev–Trinajstić information content (AvgIpc) is 3.15. The number of hydrogen-bond donors (Lipinski definition) is 1. The van der Waals surface area contributed by atoms with Crippen molar-refractivity contribution in [2.75, 3.05) is 5.32 Å². The van der Waals surface area contributed by atoms with Crippen LogP contribution in [0.4, 0.5) is 5.69 Å². The first-order valence-electron chi connectivity index (χ1n) is 8.83. The standard InChI is InChI=1S/C21H22ClN3OS/c1-16(26)24-20-4-2-3-5-21(20)27-19(14-25-13-12-23-15-25)11-8-17-6-9-18(22)10-7-17/h2-7,9-10,12-13,15,19H,8,11,14H2,1H3,(H,24,26). The first-order chi connectivity index (χ1) is 13.1. The van der Waals surface area contributed by atoms with Crippen LogP contribution in [0.25, 0.3) is 0 Å². The van der Waals surface area contributed by atoms with E-state index in [-0.39, 0.29) is 5.91 Å². The minimum atomic E-state index is -0.0598. The summed E-state index contributed by atoms with van der Waals surface area (Å²) in [6.45, 7) is 2.39. The normalized spacial score (nSPS) is 11.9. The average molecular weight is 400 g/mol. The third kappa shape index (κ3) is 6.15. The molecule has 1 unspecified atom stereocenters. The van der Waals surface area contributed by atoms with Gasteiger partial charge in [-0.15, -0.1) is 11.8 Å². The molecule has 2 aromatic carbocycles. The summed E-state index contributed by atoms with van der Waals surface area (Å²) < 4.78 is 2.10. The monoisotopic (exact) mass is 399 g/mol. The van der Waals surface area contributed by atoms with Crippen LogP contribution >= 0.6 is 23.4 Å². The van der Waals surface area contributed by atoms with Crippen molar-refractivity contribution in [3.05, 3.63) is 77.8 Å². The fraction of sp³-hybridized carbons (Fsp3) is 0.238. The SMILES string of the molecule is CC(=O)Nc1ccccc1SC(CCc1ccc(Cl)cc1)Cn1ccnc1. The molecule has 1 amide bonds. The lowest BCUT2D eigenvalue weighted by molar-refractivity contribution is -0.114. The van der Waals surface area contributed by atoms with E-state index < -0.39 is 0 Å².